The Morgan fingerprint density at radius 2 is 2.11 bits per heavy atom. The van der Waals surface area contributed by atoms with Gasteiger partial charge in [-0.3, -0.25) is 4.79 Å². The lowest BCUT2D eigenvalue weighted by molar-refractivity contribution is -0.118. The summed E-state index contributed by atoms with van der Waals surface area (Å²) in [5, 5.41) is 0. The van der Waals surface area contributed by atoms with E-state index in [1.165, 1.54) is 0 Å². The third-order valence-corrected chi connectivity index (χ3v) is 3.31. The smallest absolute Gasteiger partial charge is 0.160 e. The minimum atomic E-state index is 0.0111. The molecule has 0 amide bonds. The summed E-state index contributed by atoms with van der Waals surface area (Å²) in [4.78, 5) is 11.9. The molecule has 1 atom stereocenters. The van der Waals surface area contributed by atoms with E-state index in [9.17, 15) is 4.79 Å². The van der Waals surface area contributed by atoms with Gasteiger partial charge in [0.05, 0.1) is 7.11 Å². The second-order valence-electron chi connectivity index (χ2n) is 4.44. The molecular formula is C16H16O2. The molecular weight excluding hydrogens is 224 g/mol. The van der Waals surface area contributed by atoms with Gasteiger partial charge < -0.3 is 4.74 Å². The van der Waals surface area contributed by atoms with Crippen LogP contribution in [0.1, 0.15) is 24.8 Å². The normalized spacial score (nSPS) is 19.0. The second-order valence-corrected chi connectivity index (χ2v) is 4.44. The number of allylic oxidation sites excluding steroid dienone is 2. The van der Waals surface area contributed by atoms with E-state index in [4.69, 9.17) is 11.2 Å². The van der Waals surface area contributed by atoms with Crippen LogP contribution in [0.5, 0.6) is 5.75 Å². The molecule has 0 aromatic heterocycles. The van der Waals surface area contributed by atoms with Gasteiger partial charge in [0, 0.05) is 12.3 Å². The summed E-state index contributed by atoms with van der Waals surface area (Å²) < 4.78 is 5.12. The van der Waals surface area contributed by atoms with Crippen LogP contribution >= 0.6 is 0 Å². The Kier molecular flexibility index (Phi) is 3.84. The van der Waals surface area contributed by atoms with Crippen molar-refractivity contribution in [3.8, 4) is 18.1 Å². The Morgan fingerprint density at radius 1 is 1.39 bits per heavy atom. The highest BCUT2D eigenvalue weighted by Gasteiger charge is 2.21. The van der Waals surface area contributed by atoms with Crippen molar-refractivity contribution in [3.05, 3.63) is 35.9 Å². The zero-order valence-electron chi connectivity index (χ0n) is 10.5. The number of ether oxygens (including phenoxy) is 1. The fourth-order valence-corrected chi connectivity index (χ4v) is 2.21. The van der Waals surface area contributed by atoms with Crippen LogP contribution in [0.15, 0.2) is 30.3 Å². The second kappa shape index (κ2) is 5.55. The van der Waals surface area contributed by atoms with Gasteiger partial charge in [0.2, 0.25) is 0 Å². The molecule has 2 rings (SSSR count). The molecule has 1 aliphatic rings. The lowest BCUT2D eigenvalue weighted by atomic mass is 9.84. The summed E-state index contributed by atoms with van der Waals surface area (Å²) in [6.07, 6.45) is 9.31. The topological polar surface area (TPSA) is 26.3 Å². The predicted molar refractivity (Wildman–Crippen MR) is 72.2 cm³/mol. The molecule has 0 spiro atoms. The van der Waals surface area contributed by atoms with Crippen LogP contribution in [-0.2, 0) is 4.79 Å². The van der Waals surface area contributed by atoms with Crippen molar-refractivity contribution >= 4 is 11.4 Å². The molecule has 2 heteroatoms. The van der Waals surface area contributed by atoms with Crippen molar-refractivity contribution in [2.45, 2.75) is 19.3 Å². The molecule has 1 unspecified atom stereocenters. The van der Waals surface area contributed by atoms with E-state index < -0.39 is 0 Å². The number of carbonyl (C=O) groups excluding carboxylic acids is 1. The van der Waals surface area contributed by atoms with E-state index in [2.05, 4.69) is 5.92 Å². The molecule has 0 bridgehead atoms. The minimum Gasteiger partial charge on any atom is -0.497 e. The Labute approximate surface area is 108 Å². The van der Waals surface area contributed by atoms with Crippen LogP contribution in [0, 0.1) is 18.3 Å². The highest BCUT2D eigenvalue weighted by molar-refractivity contribution is 6.00. The fraction of sp³-hybridized carbons (Fsp3) is 0.312. The summed E-state index contributed by atoms with van der Waals surface area (Å²) >= 11 is 0. The van der Waals surface area contributed by atoms with Gasteiger partial charge >= 0.3 is 0 Å². The Hall–Kier alpha value is -2.01. The van der Waals surface area contributed by atoms with Gasteiger partial charge in [0.1, 0.15) is 5.75 Å². The van der Waals surface area contributed by atoms with E-state index in [0.29, 0.717) is 6.42 Å². The number of benzene rings is 1. The summed E-state index contributed by atoms with van der Waals surface area (Å²) in [5.74, 6) is 3.57. The monoisotopic (exact) mass is 240 g/mol. The first-order chi connectivity index (χ1) is 8.74. The fourth-order valence-electron chi connectivity index (χ4n) is 2.21. The predicted octanol–water partition coefficient (Wildman–Crippen LogP) is 3.08. The maximum absolute atomic E-state index is 11.9. The van der Waals surface area contributed by atoms with Crippen molar-refractivity contribution in [3.63, 3.8) is 0 Å². The molecule has 1 aromatic rings. The SMILES string of the molecule is C#CCC1CCC(c2ccc(OC)cc2)=CC1=O. The number of rotatable bonds is 3. The molecule has 0 saturated heterocycles. The van der Waals surface area contributed by atoms with E-state index in [1.807, 2.05) is 24.3 Å². The van der Waals surface area contributed by atoms with Crippen LogP contribution in [0.25, 0.3) is 5.57 Å². The molecule has 1 aliphatic carbocycles. The van der Waals surface area contributed by atoms with Crippen LogP contribution in [0.2, 0.25) is 0 Å². The van der Waals surface area contributed by atoms with Crippen LogP contribution in [0.3, 0.4) is 0 Å². The number of ketones is 1. The first-order valence-electron chi connectivity index (χ1n) is 6.07. The van der Waals surface area contributed by atoms with Gasteiger partial charge in [-0.05, 0) is 42.2 Å². The summed E-state index contributed by atoms with van der Waals surface area (Å²) in [6.45, 7) is 0. The molecule has 1 aromatic carbocycles. The molecule has 0 radical (unpaired) electrons. The van der Waals surface area contributed by atoms with Gasteiger partial charge in [0.25, 0.3) is 0 Å². The lowest BCUT2D eigenvalue weighted by Gasteiger charge is -2.19. The van der Waals surface area contributed by atoms with E-state index in [-0.39, 0.29) is 11.7 Å². The minimum absolute atomic E-state index is 0.0111. The van der Waals surface area contributed by atoms with Gasteiger partial charge in [0.15, 0.2) is 5.78 Å². The standard InChI is InChI=1S/C16H16O2/c1-3-4-13-5-6-14(11-16(13)17)12-7-9-15(18-2)10-8-12/h1,7-11,13H,4-6H2,2H3. The van der Waals surface area contributed by atoms with E-state index >= 15 is 0 Å². The first kappa shape index (κ1) is 12.4. The summed E-state index contributed by atoms with van der Waals surface area (Å²) in [7, 11) is 1.64. The third kappa shape index (κ3) is 2.62. The molecule has 2 nitrogen and oxygen atoms in total. The number of hydrogen-bond acceptors (Lipinski definition) is 2. The molecule has 18 heavy (non-hydrogen) atoms. The van der Waals surface area contributed by atoms with Crippen molar-refractivity contribution in [1.82, 2.24) is 0 Å². The Bertz CT molecular complexity index is 503. The first-order valence-corrected chi connectivity index (χ1v) is 6.07. The largest absolute Gasteiger partial charge is 0.497 e. The molecule has 0 saturated carbocycles. The quantitative estimate of drug-likeness (QED) is 0.759. The zero-order valence-corrected chi connectivity index (χ0v) is 10.5. The van der Waals surface area contributed by atoms with E-state index in [1.54, 1.807) is 13.2 Å². The number of terminal acetylenes is 1. The van der Waals surface area contributed by atoms with Crippen molar-refractivity contribution in [2.75, 3.05) is 7.11 Å². The maximum Gasteiger partial charge on any atom is 0.160 e. The Morgan fingerprint density at radius 3 is 2.67 bits per heavy atom. The van der Waals surface area contributed by atoms with Crippen LogP contribution < -0.4 is 4.74 Å². The van der Waals surface area contributed by atoms with E-state index in [0.717, 1.165) is 29.7 Å². The molecule has 92 valence electrons. The third-order valence-electron chi connectivity index (χ3n) is 3.31. The molecule has 0 fully saturated rings. The van der Waals surface area contributed by atoms with Crippen molar-refractivity contribution in [2.24, 2.45) is 5.92 Å². The number of methoxy groups -OCH3 is 1. The van der Waals surface area contributed by atoms with Crippen LogP contribution in [-0.4, -0.2) is 12.9 Å². The van der Waals surface area contributed by atoms with Gasteiger partial charge in [-0.2, -0.15) is 0 Å². The van der Waals surface area contributed by atoms with Crippen molar-refractivity contribution in [1.29, 1.82) is 0 Å². The number of hydrogen-bond donors (Lipinski definition) is 0. The molecule has 0 N–H and O–H groups in total. The number of carbonyl (C=O) groups is 1. The lowest BCUT2D eigenvalue weighted by Crippen LogP contribution is -2.16. The maximum atomic E-state index is 11.9. The van der Waals surface area contributed by atoms with Crippen LogP contribution in [0.4, 0.5) is 0 Å². The van der Waals surface area contributed by atoms with Crippen molar-refractivity contribution < 1.29 is 9.53 Å². The average Bonchev–Trinajstić information content (AvgIpc) is 2.41. The zero-order chi connectivity index (χ0) is 13.0. The van der Waals surface area contributed by atoms with Gasteiger partial charge in [-0.25, -0.2) is 0 Å². The average molecular weight is 240 g/mol. The summed E-state index contributed by atoms with van der Waals surface area (Å²) in [5.41, 5.74) is 2.18. The highest BCUT2D eigenvalue weighted by atomic mass is 16.5. The van der Waals surface area contributed by atoms with Gasteiger partial charge in [-0.15, -0.1) is 12.3 Å². The summed E-state index contributed by atoms with van der Waals surface area (Å²) in [6, 6.07) is 7.79. The molecule has 0 heterocycles. The Balaban J connectivity index is 2.17. The molecule has 0 aliphatic heterocycles. The highest BCUT2D eigenvalue weighted by Crippen LogP contribution is 2.30. The van der Waals surface area contributed by atoms with Gasteiger partial charge in [-0.1, -0.05) is 12.1 Å².